The number of ether oxygens (including phenoxy) is 1. The fraction of sp³-hybridized carbons (Fsp3) is 0.533. The monoisotopic (exact) mass is 259 g/mol. The normalized spacial score (nSPS) is 17.1. The second-order valence-corrected chi connectivity index (χ2v) is 5.15. The second-order valence-electron chi connectivity index (χ2n) is 5.15. The van der Waals surface area contributed by atoms with Crippen molar-refractivity contribution in [3.8, 4) is 0 Å². The molecule has 0 amide bonds. The minimum Gasteiger partial charge on any atom is -0.370 e. The summed E-state index contributed by atoms with van der Waals surface area (Å²) < 4.78 is 5.92. The molecule has 0 unspecified atom stereocenters. The Bertz CT molecular complexity index is 543. The van der Waals surface area contributed by atoms with E-state index in [1.165, 1.54) is 5.56 Å². The minimum atomic E-state index is 0.376. The van der Waals surface area contributed by atoms with Gasteiger partial charge in [-0.2, -0.15) is 0 Å². The van der Waals surface area contributed by atoms with Gasteiger partial charge in [0.2, 0.25) is 0 Å². The molecule has 1 aromatic carbocycles. The maximum atomic E-state index is 5.92. The Morgan fingerprint density at radius 2 is 2.16 bits per heavy atom. The van der Waals surface area contributed by atoms with Crippen LogP contribution in [0.1, 0.15) is 31.2 Å². The summed E-state index contributed by atoms with van der Waals surface area (Å²) >= 11 is 0. The lowest BCUT2D eigenvalue weighted by atomic mass is 10.1. The van der Waals surface area contributed by atoms with Crippen LogP contribution in [0.15, 0.2) is 18.2 Å². The number of rotatable bonds is 4. The Morgan fingerprint density at radius 1 is 1.32 bits per heavy atom. The van der Waals surface area contributed by atoms with E-state index < -0.39 is 0 Å². The molecule has 0 radical (unpaired) electrons. The zero-order valence-corrected chi connectivity index (χ0v) is 11.4. The molecule has 2 aromatic rings. The number of aryl methyl sites for hydroxylation is 1. The molecule has 1 aliphatic rings. The molecule has 1 saturated heterocycles. The molecule has 1 aliphatic heterocycles. The number of piperidine rings is 1. The smallest absolute Gasteiger partial charge is 0.133 e. The Labute approximate surface area is 113 Å². The largest absolute Gasteiger partial charge is 0.370 e. The van der Waals surface area contributed by atoms with Crippen LogP contribution >= 0.6 is 0 Å². The first-order valence-electron chi connectivity index (χ1n) is 7.15. The van der Waals surface area contributed by atoms with Gasteiger partial charge in [-0.05, 0) is 50.0 Å². The number of aromatic nitrogens is 2. The molecule has 0 aliphatic carbocycles. The average molecular weight is 259 g/mol. The molecule has 4 heteroatoms. The topological polar surface area (TPSA) is 49.9 Å². The van der Waals surface area contributed by atoms with Gasteiger partial charge < -0.3 is 15.0 Å². The first-order chi connectivity index (χ1) is 9.35. The highest BCUT2D eigenvalue weighted by Crippen LogP contribution is 2.16. The summed E-state index contributed by atoms with van der Waals surface area (Å²) in [6, 6.07) is 6.40. The van der Waals surface area contributed by atoms with Gasteiger partial charge in [-0.15, -0.1) is 0 Å². The molecular formula is C15H21N3O. The number of hydrogen-bond donors (Lipinski definition) is 2. The number of nitrogens with one attached hydrogen (secondary N) is 2. The Morgan fingerprint density at radius 3 is 2.95 bits per heavy atom. The lowest BCUT2D eigenvalue weighted by Crippen LogP contribution is -2.32. The van der Waals surface area contributed by atoms with Crippen LogP contribution in [0.25, 0.3) is 11.0 Å². The van der Waals surface area contributed by atoms with Crippen LogP contribution in [0, 0.1) is 0 Å². The zero-order chi connectivity index (χ0) is 13.1. The minimum absolute atomic E-state index is 0.376. The lowest BCUT2D eigenvalue weighted by Gasteiger charge is -2.22. The van der Waals surface area contributed by atoms with Crippen molar-refractivity contribution in [2.45, 2.75) is 38.9 Å². The first-order valence-corrected chi connectivity index (χ1v) is 7.15. The summed E-state index contributed by atoms with van der Waals surface area (Å²) in [6.07, 6.45) is 3.62. The van der Waals surface area contributed by atoms with Crippen molar-refractivity contribution in [2.24, 2.45) is 0 Å². The fourth-order valence-electron chi connectivity index (χ4n) is 2.56. The van der Waals surface area contributed by atoms with E-state index in [4.69, 9.17) is 4.74 Å². The summed E-state index contributed by atoms with van der Waals surface area (Å²) in [6.45, 7) is 4.87. The van der Waals surface area contributed by atoms with Crippen molar-refractivity contribution < 1.29 is 4.74 Å². The third kappa shape index (κ3) is 2.96. The van der Waals surface area contributed by atoms with E-state index in [-0.39, 0.29) is 0 Å². The number of H-pyrrole nitrogens is 1. The molecule has 4 nitrogen and oxygen atoms in total. The standard InChI is InChI=1S/C15H21N3O/c1-2-11-3-4-13-14(9-11)18-15(17-13)10-19-12-5-7-16-8-6-12/h3-4,9,12,16H,2,5-8,10H2,1H3,(H,17,18). The van der Waals surface area contributed by atoms with Crippen LogP contribution in [0.4, 0.5) is 0 Å². The van der Waals surface area contributed by atoms with Crippen LogP contribution in [0.3, 0.4) is 0 Å². The van der Waals surface area contributed by atoms with Gasteiger partial charge in [0.15, 0.2) is 0 Å². The van der Waals surface area contributed by atoms with E-state index in [9.17, 15) is 0 Å². The number of benzene rings is 1. The van der Waals surface area contributed by atoms with Crippen LogP contribution in [-0.2, 0) is 17.8 Å². The molecule has 0 saturated carbocycles. The Kier molecular flexibility index (Phi) is 3.80. The fourth-order valence-corrected chi connectivity index (χ4v) is 2.56. The SMILES string of the molecule is CCc1ccc2nc(COC3CCNCC3)[nH]c2c1. The summed E-state index contributed by atoms with van der Waals surface area (Å²) in [5.41, 5.74) is 3.48. The molecule has 0 spiro atoms. The maximum Gasteiger partial charge on any atom is 0.133 e. The second kappa shape index (κ2) is 5.72. The molecule has 1 aromatic heterocycles. The number of imidazole rings is 1. The van der Waals surface area contributed by atoms with Crippen molar-refractivity contribution in [2.75, 3.05) is 13.1 Å². The lowest BCUT2D eigenvalue weighted by molar-refractivity contribution is 0.0182. The predicted molar refractivity (Wildman–Crippen MR) is 76.2 cm³/mol. The number of hydrogen-bond acceptors (Lipinski definition) is 3. The quantitative estimate of drug-likeness (QED) is 0.886. The van der Waals surface area contributed by atoms with Crippen LogP contribution in [-0.4, -0.2) is 29.2 Å². The van der Waals surface area contributed by atoms with Crippen molar-refractivity contribution in [1.82, 2.24) is 15.3 Å². The third-order valence-electron chi connectivity index (χ3n) is 3.75. The first kappa shape index (κ1) is 12.6. The van der Waals surface area contributed by atoms with Crippen molar-refractivity contribution in [3.63, 3.8) is 0 Å². The van der Waals surface area contributed by atoms with Gasteiger partial charge in [-0.1, -0.05) is 13.0 Å². The van der Waals surface area contributed by atoms with E-state index in [0.717, 1.165) is 49.2 Å². The van der Waals surface area contributed by atoms with Gasteiger partial charge in [0.25, 0.3) is 0 Å². The highest BCUT2D eigenvalue weighted by atomic mass is 16.5. The van der Waals surface area contributed by atoms with E-state index in [0.29, 0.717) is 12.7 Å². The number of aromatic amines is 1. The Balaban J connectivity index is 1.67. The van der Waals surface area contributed by atoms with Gasteiger partial charge in [0, 0.05) is 0 Å². The van der Waals surface area contributed by atoms with Crippen LogP contribution in [0.5, 0.6) is 0 Å². The molecule has 2 heterocycles. The van der Waals surface area contributed by atoms with Gasteiger partial charge in [-0.3, -0.25) is 0 Å². The number of nitrogens with zero attached hydrogens (tertiary/aromatic N) is 1. The highest BCUT2D eigenvalue weighted by Gasteiger charge is 2.14. The molecule has 1 fully saturated rings. The van der Waals surface area contributed by atoms with Crippen molar-refractivity contribution in [1.29, 1.82) is 0 Å². The van der Waals surface area contributed by atoms with E-state index in [1.54, 1.807) is 0 Å². The zero-order valence-electron chi connectivity index (χ0n) is 11.4. The summed E-state index contributed by atoms with van der Waals surface area (Å²) in [5.74, 6) is 0.932. The van der Waals surface area contributed by atoms with E-state index in [1.807, 2.05) is 0 Å². The van der Waals surface area contributed by atoms with E-state index in [2.05, 4.69) is 40.4 Å². The van der Waals surface area contributed by atoms with Gasteiger partial charge in [0.05, 0.1) is 17.1 Å². The molecule has 2 N–H and O–H groups in total. The molecule has 3 rings (SSSR count). The Hall–Kier alpha value is -1.39. The van der Waals surface area contributed by atoms with Crippen LogP contribution in [0.2, 0.25) is 0 Å². The summed E-state index contributed by atoms with van der Waals surface area (Å²) in [4.78, 5) is 7.93. The molecule has 0 atom stereocenters. The van der Waals surface area contributed by atoms with E-state index >= 15 is 0 Å². The molecule has 0 bridgehead atoms. The number of fused-ring (bicyclic) bond motifs is 1. The maximum absolute atomic E-state index is 5.92. The van der Waals surface area contributed by atoms with Crippen molar-refractivity contribution >= 4 is 11.0 Å². The van der Waals surface area contributed by atoms with Crippen LogP contribution < -0.4 is 5.32 Å². The average Bonchev–Trinajstić information content (AvgIpc) is 2.88. The van der Waals surface area contributed by atoms with Gasteiger partial charge in [0.1, 0.15) is 12.4 Å². The summed E-state index contributed by atoms with van der Waals surface area (Å²) in [7, 11) is 0. The highest BCUT2D eigenvalue weighted by molar-refractivity contribution is 5.75. The predicted octanol–water partition coefficient (Wildman–Crippen LogP) is 2.39. The van der Waals surface area contributed by atoms with Gasteiger partial charge in [-0.25, -0.2) is 4.98 Å². The molecule has 102 valence electrons. The summed E-state index contributed by atoms with van der Waals surface area (Å²) in [5, 5.41) is 3.34. The molecule has 19 heavy (non-hydrogen) atoms. The van der Waals surface area contributed by atoms with Gasteiger partial charge >= 0.3 is 0 Å². The van der Waals surface area contributed by atoms with Crippen molar-refractivity contribution in [3.05, 3.63) is 29.6 Å². The molecular weight excluding hydrogens is 238 g/mol. The third-order valence-corrected chi connectivity index (χ3v) is 3.75.